The molecule has 1 atom stereocenters. The number of nitrogens with zero attached hydrogens (tertiary/aromatic N) is 2. The fraction of sp³-hybridized carbons (Fsp3) is 0.200. The Labute approximate surface area is 176 Å². The molecular formula is C20H19ClF4N4O. The van der Waals surface area contributed by atoms with Crippen LogP contribution < -0.4 is 15.8 Å². The van der Waals surface area contributed by atoms with Gasteiger partial charge in [-0.25, -0.2) is 14.4 Å². The minimum Gasteiger partial charge on any atom is -0.481 e. The van der Waals surface area contributed by atoms with E-state index in [0.717, 1.165) is 17.7 Å². The lowest BCUT2D eigenvalue weighted by Crippen LogP contribution is -2.21. The number of halogens is 5. The van der Waals surface area contributed by atoms with Crippen molar-refractivity contribution >= 4 is 18.2 Å². The van der Waals surface area contributed by atoms with Crippen LogP contribution in [0.4, 0.5) is 23.4 Å². The minimum absolute atomic E-state index is 0. The van der Waals surface area contributed by atoms with Gasteiger partial charge >= 0.3 is 6.18 Å². The molecule has 2 aromatic carbocycles. The zero-order valence-corrected chi connectivity index (χ0v) is 16.4. The monoisotopic (exact) mass is 442 g/mol. The van der Waals surface area contributed by atoms with Gasteiger partial charge < -0.3 is 15.8 Å². The third-order valence-electron chi connectivity index (χ3n) is 4.02. The van der Waals surface area contributed by atoms with E-state index >= 15 is 0 Å². The Morgan fingerprint density at radius 2 is 1.77 bits per heavy atom. The second-order valence-electron chi connectivity index (χ2n) is 6.24. The summed E-state index contributed by atoms with van der Waals surface area (Å²) in [6.45, 7) is -1.15. The van der Waals surface area contributed by atoms with Crippen LogP contribution in [0.1, 0.15) is 11.6 Å². The highest BCUT2D eigenvalue weighted by atomic mass is 35.5. The van der Waals surface area contributed by atoms with Crippen LogP contribution >= 0.6 is 12.4 Å². The molecule has 1 aromatic heterocycles. The van der Waals surface area contributed by atoms with E-state index in [1.807, 2.05) is 30.3 Å². The highest BCUT2D eigenvalue weighted by Crippen LogP contribution is 2.27. The molecule has 1 heterocycles. The number of nitrogens with two attached hydrogens (primary N) is 1. The summed E-state index contributed by atoms with van der Waals surface area (Å²) in [6, 6.07) is 14.5. The molecule has 0 aliphatic rings. The average Bonchev–Trinajstić information content (AvgIpc) is 2.71. The highest BCUT2D eigenvalue weighted by Gasteiger charge is 2.29. The van der Waals surface area contributed by atoms with Crippen LogP contribution in [-0.2, 0) is 0 Å². The van der Waals surface area contributed by atoms with Gasteiger partial charge in [-0.3, -0.25) is 0 Å². The predicted molar refractivity (Wildman–Crippen MR) is 108 cm³/mol. The maximum Gasteiger partial charge on any atom is 0.422 e. The molecule has 1 unspecified atom stereocenters. The lowest BCUT2D eigenvalue weighted by molar-refractivity contribution is -0.153. The Morgan fingerprint density at radius 3 is 2.43 bits per heavy atom. The van der Waals surface area contributed by atoms with Crippen molar-refractivity contribution in [2.45, 2.75) is 12.2 Å². The summed E-state index contributed by atoms with van der Waals surface area (Å²) in [7, 11) is 0. The first kappa shape index (κ1) is 23.4. The Balaban J connectivity index is 0.00000320. The summed E-state index contributed by atoms with van der Waals surface area (Å²) in [5.41, 5.74) is 7.88. The van der Waals surface area contributed by atoms with Crippen molar-refractivity contribution in [1.29, 1.82) is 0 Å². The van der Waals surface area contributed by atoms with Crippen molar-refractivity contribution in [1.82, 2.24) is 9.97 Å². The van der Waals surface area contributed by atoms with E-state index in [2.05, 4.69) is 20.0 Å². The van der Waals surface area contributed by atoms with Crippen molar-refractivity contribution in [2.24, 2.45) is 5.73 Å². The molecule has 0 aliphatic heterocycles. The molecule has 3 aromatic rings. The van der Waals surface area contributed by atoms with Crippen LogP contribution in [0.3, 0.4) is 0 Å². The van der Waals surface area contributed by atoms with E-state index in [1.165, 1.54) is 12.4 Å². The van der Waals surface area contributed by atoms with Crippen LogP contribution in [0.25, 0.3) is 11.3 Å². The van der Waals surface area contributed by atoms with Crippen LogP contribution in [0.2, 0.25) is 0 Å². The largest absolute Gasteiger partial charge is 0.481 e. The first-order chi connectivity index (χ1) is 13.8. The van der Waals surface area contributed by atoms with Crippen molar-refractivity contribution < 1.29 is 22.3 Å². The fourth-order valence-corrected chi connectivity index (χ4v) is 2.58. The van der Waals surface area contributed by atoms with Gasteiger partial charge in [0, 0.05) is 24.2 Å². The van der Waals surface area contributed by atoms with Gasteiger partial charge in [0.2, 0.25) is 0 Å². The second kappa shape index (κ2) is 10.2. The maximum atomic E-state index is 14.1. The van der Waals surface area contributed by atoms with Gasteiger partial charge in [-0.05, 0) is 23.8 Å². The van der Waals surface area contributed by atoms with Crippen LogP contribution in [0.5, 0.6) is 5.75 Å². The molecule has 0 amide bonds. The smallest absolute Gasteiger partial charge is 0.422 e. The van der Waals surface area contributed by atoms with Crippen molar-refractivity contribution in [2.75, 3.05) is 18.5 Å². The van der Waals surface area contributed by atoms with Gasteiger partial charge in [0.1, 0.15) is 12.1 Å². The summed E-state index contributed by atoms with van der Waals surface area (Å²) in [5.74, 6) is -0.905. The summed E-state index contributed by atoms with van der Waals surface area (Å²) in [4.78, 5) is 8.19. The molecule has 160 valence electrons. The van der Waals surface area contributed by atoms with E-state index in [4.69, 9.17) is 5.73 Å². The Kier molecular flexibility index (Phi) is 7.96. The Hall–Kier alpha value is -2.91. The number of alkyl halides is 3. The SMILES string of the molecule is Cl.NC(CNc1cc(-c2ccc(OCC(F)(F)F)c(F)c2)ncn1)c1ccccc1. The lowest BCUT2D eigenvalue weighted by Gasteiger charge is -2.14. The van der Waals surface area contributed by atoms with Gasteiger partial charge in [-0.15, -0.1) is 12.4 Å². The molecular weight excluding hydrogens is 424 g/mol. The third-order valence-corrected chi connectivity index (χ3v) is 4.02. The highest BCUT2D eigenvalue weighted by molar-refractivity contribution is 5.85. The number of rotatable bonds is 7. The first-order valence-electron chi connectivity index (χ1n) is 8.68. The van der Waals surface area contributed by atoms with Crippen LogP contribution in [0, 0.1) is 5.82 Å². The fourth-order valence-electron chi connectivity index (χ4n) is 2.58. The van der Waals surface area contributed by atoms with Gasteiger partial charge in [0.25, 0.3) is 0 Å². The second-order valence-corrected chi connectivity index (χ2v) is 6.24. The summed E-state index contributed by atoms with van der Waals surface area (Å²) in [5, 5.41) is 3.10. The summed E-state index contributed by atoms with van der Waals surface area (Å²) >= 11 is 0. The lowest BCUT2D eigenvalue weighted by atomic mass is 10.1. The molecule has 0 saturated heterocycles. The van der Waals surface area contributed by atoms with Crippen LogP contribution in [0.15, 0.2) is 60.9 Å². The average molecular weight is 443 g/mol. The predicted octanol–water partition coefficient (Wildman–Crippen LogP) is 4.76. The molecule has 3 N–H and O–H groups in total. The molecule has 3 rings (SSSR count). The maximum absolute atomic E-state index is 14.1. The molecule has 0 aliphatic carbocycles. The normalized spacial score (nSPS) is 12.0. The number of benzene rings is 2. The minimum atomic E-state index is -4.54. The number of hydrogen-bond donors (Lipinski definition) is 2. The number of hydrogen-bond acceptors (Lipinski definition) is 5. The molecule has 30 heavy (non-hydrogen) atoms. The zero-order valence-electron chi connectivity index (χ0n) is 15.6. The molecule has 0 radical (unpaired) electrons. The molecule has 0 bridgehead atoms. The van der Waals surface area contributed by atoms with Crippen molar-refractivity contribution in [3.8, 4) is 17.0 Å². The Morgan fingerprint density at radius 1 is 1.03 bits per heavy atom. The first-order valence-corrected chi connectivity index (χ1v) is 8.68. The molecule has 0 saturated carbocycles. The third kappa shape index (κ3) is 6.57. The topological polar surface area (TPSA) is 73.1 Å². The van der Waals surface area contributed by atoms with E-state index < -0.39 is 24.3 Å². The molecule has 10 heteroatoms. The van der Waals surface area contributed by atoms with Gasteiger partial charge in [-0.1, -0.05) is 30.3 Å². The van der Waals surface area contributed by atoms with Gasteiger partial charge in [-0.2, -0.15) is 13.2 Å². The van der Waals surface area contributed by atoms with Crippen molar-refractivity contribution in [3.05, 3.63) is 72.3 Å². The zero-order chi connectivity index (χ0) is 20.9. The van der Waals surface area contributed by atoms with E-state index in [9.17, 15) is 17.6 Å². The summed E-state index contributed by atoms with van der Waals surface area (Å²) in [6.07, 6.45) is -3.24. The van der Waals surface area contributed by atoms with Gasteiger partial charge in [0.05, 0.1) is 5.69 Å². The molecule has 5 nitrogen and oxygen atoms in total. The number of ether oxygens (including phenoxy) is 1. The number of aromatic nitrogens is 2. The molecule has 0 spiro atoms. The van der Waals surface area contributed by atoms with E-state index in [-0.39, 0.29) is 18.4 Å². The standard InChI is InChI=1S/C20H18F4N4O.ClH/c21-15-8-14(6-7-18(15)29-11-20(22,23)24)17-9-19(28-12-27-17)26-10-16(25)13-4-2-1-3-5-13;/h1-9,12,16H,10-11,25H2,(H,26,27,28);1H. The van der Waals surface area contributed by atoms with Gasteiger partial charge in [0.15, 0.2) is 18.2 Å². The van der Waals surface area contributed by atoms with Crippen LogP contribution in [-0.4, -0.2) is 29.3 Å². The summed E-state index contributed by atoms with van der Waals surface area (Å²) < 4.78 is 55.2. The molecule has 0 fully saturated rings. The number of nitrogens with one attached hydrogen (secondary N) is 1. The van der Waals surface area contributed by atoms with E-state index in [0.29, 0.717) is 23.6 Å². The quantitative estimate of drug-likeness (QED) is 0.516. The van der Waals surface area contributed by atoms with Crippen molar-refractivity contribution in [3.63, 3.8) is 0 Å². The Bertz CT molecular complexity index is 957. The number of anilines is 1. The van der Waals surface area contributed by atoms with E-state index in [1.54, 1.807) is 6.07 Å².